The molecule has 2 amide bonds. The fraction of sp³-hybridized carbons (Fsp3) is 0.188. The molecule has 0 aliphatic heterocycles. The number of anilines is 1. The number of nitrogens with one attached hydrogen (secondary N) is 1. The van der Waals surface area contributed by atoms with Crippen LogP contribution in [0.5, 0.6) is 0 Å². The minimum Gasteiger partial charge on any atom is -0.333 e. The number of carbonyl (C=O) groups excluding carboxylic acids is 2. The molecule has 0 spiro atoms. The van der Waals surface area contributed by atoms with E-state index in [1.54, 1.807) is 12.1 Å². The number of hydrogen-bond acceptors (Lipinski definition) is 4. The average molecular weight is 333 g/mol. The molecule has 1 heterocycles. The minimum atomic E-state index is -0.436. The molecule has 0 unspecified atom stereocenters. The molecule has 0 aliphatic rings. The normalized spacial score (nSPS) is 10.7. The third kappa shape index (κ3) is 5.30. The lowest BCUT2D eigenvalue weighted by Gasteiger charge is -2.14. The van der Waals surface area contributed by atoms with E-state index >= 15 is 0 Å². The average Bonchev–Trinajstić information content (AvgIpc) is 2.90. The van der Waals surface area contributed by atoms with E-state index in [0.717, 1.165) is 5.01 Å². The number of hydrogen-bond donors (Lipinski definition) is 1. The Morgan fingerprint density at radius 1 is 1.43 bits per heavy atom. The second-order valence-electron chi connectivity index (χ2n) is 4.88. The van der Waals surface area contributed by atoms with E-state index in [2.05, 4.69) is 10.3 Å². The predicted molar refractivity (Wildman–Crippen MR) is 88.6 cm³/mol. The summed E-state index contributed by atoms with van der Waals surface area (Å²) in [5.74, 6) is -1.15. The summed E-state index contributed by atoms with van der Waals surface area (Å²) >= 11 is 1.50. The number of aromatic nitrogens is 1. The van der Waals surface area contributed by atoms with Gasteiger partial charge in [0.25, 0.3) is 0 Å². The number of carbonyl (C=O) groups is 2. The first-order valence-electron chi connectivity index (χ1n) is 6.85. The number of aryl methyl sites for hydroxylation is 1. The molecule has 0 saturated heterocycles. The highest BCUT2D eigenvalue weighted by atomic mass is 32.1. The van der Waals surface area contributed by atoms with Gasteiger partial charge in [0.2, 0.25) is 11.8 Å². The molecule has 0 atom stereocenters. The first kappa shape index (κ1) is 16.8. The summed E-state index contributed by atoms with van der Waals surface area (Å²) in [5.41, 5.74) is 1.06. The minimum absolute atomic E-state index is 0.129. The summed E-state index contributed by atoms with van der Waals surface area (Å²) < 4.78 is 13.0. The molecule has 0 bridgehead atoms. The maximum absolute atomic E-state index is 13.0. The smallest absolute Gasteiger partial charge is 0.246 e. The second-order valence-corrected chi connectivity index (χ2v) is 5.94. The summed E-state index contributed by atoms with van der Waals surface area (Å²) in [5, 5.41) is 5.30. The van der Waals surface area contributed by atoms with Crippen LogP contribution in [0, 0.1) is 12.7 Å². The number of nitrogens with zero attached hydrogens (tertiary/aromatic N) is 2. The number of rotatable bonds is 5. The van der Waals surface area contributed by atoms with E-state index in [1.807, 2.05) is 12.3 Å². The van der Waals surface area contributed by atoms with E-state index in [9.17, 15) is 14.0 Å². The Hall–Kier alpha value is -2.54. The number of halogens is 1. The van der Waals surface area contributed by atoms with Gasteiger partial charge >= 0.3 is 0 Å². The molecule has 1 aromatic heterocycles. The van der Waals surface area contributed by atoms with Gasteiger partial charge in [-0.15, -0.1) is 11.3 Å². The zero-order valence-corrected chi connectivity index (χ0v) is 13.6. The van der Waals surface area contributed by atoms with Gasteiger partial charge < -0.3 is 10.2 Å². The highest BCUT2D eigenvalue weighted by Crippen LogP contribution is 2.10. The summed E-state index contributed by atoms with van der Waals surface area (Å²) in [6, 6.07) is 5.58. The van der Waals surface area contributed by atoms with Crippen LogP contribution in [0.25, 0.3) is 6.08 Å². The van der Waals surface area contributed by atoms with Crippen molar-refractivity contribution in [1.82, 2.24) is 9.88 Å². The van der Waals surface area contributed by atoms with E-state index in [0.29, 0.717) is 11.4 Å². The third-order valence-electron chi connectivity index (χ3n) is 2.90. The van der Waals surface area contributed by atoms with Gasteiger partial charge in [0.1, 0.15) is 5.82 Å². The van der Waals surface area contributed by atoms with Crippen molar-refractivity contribution in [1.29, 1.82) is 0 Å². The molecular weight excluding hydrogens is 317 g/mol. The molecular formula is C16H16FN3O2S. The van der Waals surface area contributed by atoms with E-state index in [-0.39, 0.29) is 12.5 Å². The molecule has 0 saturated carbocycles. The fourth-order valence-corrected chi connectivity index (χ4v) is 2.38. The molecule has 0 fully saturated rings. The lowest BCUT2D eigenvalue weighted by molar-refractivity contribution is -0.129. The molecule has 120 valence electrons. The Morgan fingerprint density at radius 3 is 2.87 bits per heavy atom. The van der Waals surface area contributed by atoms with E-state index < -0.39 is 11.7 Å². The zero-order chi connectivity index (χ0) is 16.8. The van der Waals surface area contributed by atoms with Crippen LogP contribution in [0.15, 0.2) is 35.7 Å². The van der Waals surface area contributed by atoms with Crippen molar-refractivity contribution in [3.05, 3.63) is 52.2 Å². The van der Waals surface area contributed by atoms with Gasteiger partial charge in [0, 0.05) is 24.2 Å². The lowest BCUT2D eigenvalue weighted by atomic mass is 10.3. The molecule has 23 heavy (non-hydrogen) atoms. The van der Waals surface area contributed by atoms with Gasteiger partial charge in [-0.3, -0.25) is 9.59 Å². The van der Waals surface area contributed by atoms with Crippen LogP contribution in [-0.2, 0) is 9.59 Å². The predicted octanol–water partition coefficient (Wildman–Crippen LogP) is 2.70. The maximum atomic E-state index is 13.0. The van der Waals surface area contributed by atoms with Crippen molar-refractivity contribution in [3.8, 4) is 0 Å². The van der Waals surface area contributed by atoms with E-state index in [4.69, 9.17) is 0 Å². The van der Waals surface area contributed by atoms with Crippen LogP contribution in [0.1, 0.15) is 10.7 Å². The van der Waals surface area contributed by atoms with Crippen LogP contribution in [0.4, 0.5) is 10.1 Å². The Labute approximate surface area is 137 Å². The van der Waals surface area contributed by atoms with Crippen LogP contribution in [-0.4, -0.2) is 35.3 Å². The second kappa shape index (κ2) is 7.64. The topological polar surface area (TPSA) is 62.3 Å². The first-order chi connectivity index (χ1) is 10.9. The van der Waals surface area contributed by atoms with Crippen molar-refractivity contribution in [2.75, 3.05) is 18.9 Å². The Kier molecular flexibility index (Phi) is 5.59. The summed E-state index contributed by atoms with van der Waals surface area (Å²) in [7, 11) is 1.52. The molecule has 1 N–H and O–H groups in total. The Balaban J connectivity index is 1.87. The molecule has 2 rings (SSSR count). The van der Waals surface area contributed by atoms with Crippen molar-refractivity contribution in [2.24, 2.45) is 0 Å². The van der Waals surface area contributed by atoms with Gasteiger partial charge in [0.05, 0.1) is 17.2 Å². The zero-order valence-electron chi connectivity index (χ0n) is 12.7. The highest BCUT2D eigenvalue weighted by molar-refractivity contribution is 7.09. The van der Waals surface area contributed by atoms with Crippen LogP contribution in [0.2, 0.25) is 0 Å². The maximum Gasteiger partial charge on any atom is 0.246 e. The molecule has 0 radical (unpaired) electrons. The SMILES string of the molecule is Cc1nc(/C=C/C(=O)N(C)CC(=O)Nc2cccc(F)c2)cs1. The lowest BCUT2D eigenvalue weighted by Crippen LogP contribution is -2.33. The summed E-state index contributed by atoms with van der Waals surface area (Å²) in [6.07, 6.45) is 2.97. The summed E-state index contributed by atoms with van der Waals surface area (Å²) in [6.45, 7) is 1.75. The quantitative estimate of drug-likeness (QED) is 0.856. The molecule has 1 aromatic carbocycles. The fourth-order valence-electron chi connectivity index (χ4n) is 1.80. The Bertz CT molecular complexity index is 742. The van der Waals surface area contributed by atoms with E-state index in [1.165, 1.54) is 47.6 Å². The number of amides is 2. The van der Waals surface area contributed by atoms with Crippen molar-refractivity contribution < 1.29 is 14.0 Å². The highest BCUT2D eigenvalue weighted by Gasteiger charge is 2.11. The third-order valence-corrected chi connectivity index (χ3v) is 3.69. The first-order valence-corrected chi connectivity index (χ1v) is 7.73. The number of thiazole rings is 1. The number of likely N-dealkylation sites (N-methyl/N-ethyl adjacent to an activating group) is 1. The van der Waals surface area contributed by atoms with Crippen LogP contribution in [0.3, 0.4) is 0 Å². The molecule has 5 nitrogen and oxygen atoms in total. The number of benzene rings is 1. The van der Waals surface area contributed by atoms with Crippen molar-refractivity contribution in [2.45, 2.75) is 6.92 Å². The molecule has 2 aromatic rings. The van der Waals surface area contributed by atoms with Gasteiger partial charge in [-0.25, -0.2) is 9.37 Å². The van der Waals surface area contributed by atoms with Crippen molar-refractivity contribution >= 4 is 34.9 Å². The van der Waals surface area contributed by atoms with Gasteiger partial charge in [-0.1, -0.05) is 6.07 Å². The van der Waals surface area contributed by atoms with Crippen LogP contribution >= 0.6 is 11.3 Å². The van der Waals surface area contributed by atoms with Crippen LogP contribution < -0.4 is 5.32 Å². The Morgan fingerprint density at radius 2 is 2.22 bits per heavy atom. The van der Waals surface area contributed by atoms with Crippen molar-refractivity contribution in [3.63, 3.8) is 0 Å². The van der Waals surface area contributed by atoms with Gasteiger partial charge in [-0.05, 0) is 31.2 Å². The van der Waals surface area contributed by atoms with Gasteiger partial charge in [0.15, 0.2) is 0 Å². The molecule has 7 heteroatoms. The largest absolute Gasteiger partial charge is 0.333 e. The summed E-state index contributed by atoms with van der Waals surface area (Å²) in [4.78, 5) is 29.3. The monoisotopic (exact) mass is 333 g/mol. The standard InChI is InChI=1S/C16H16FN3O2S/c1-11-18-14(10-23-11)6-7-16(22)20(2)9-15(21)19-13-5-3-4-12(17)8-13/h3-8,10H,9H2,1-2H3,(H,19,21)/b7-6+. The van der Waals surface area contributed by atoms with Gasteiger partial charge in [-0.2, -0.15) is 0 Å². The molecule has 0 aliphatic carbocycles.